The van der Waals surface area contributed by atoms with E-state index in [9.17, 15) is 25.2 Å². The molecule has 6 heteroatoms. The molecule has 0 aromatic heterocycles. The van der Waals surface area contributed by atoms with Crippen molar-refractivity contribution in [1.82, 2.24) is 0 Å². The number of rotatable bonds is 0. The van der Waals surface area contributed by atoms with E-state index in [-0.39, 0.29) is 12.0 Å². The maximum Gasteiger partial charge on any atom is 0.208 e. The van der Waals surface area contributed by atoms with E-state index in [1.165, 1.54) is 0 Å². The summed E-state index contributed by atoms with van der Waals surface area (Å²) >= 11 is 0. The van der Waals surface area contributed by atoms with Gasteiger partial charge >= 0.3 is 0 Å². The number of hydrogen-bond acceptors (Lipinski definition) is 6. The lowest BCUT2D eigenvalue weighted by Crippen LogP contribution is -2.85. The first-order valence-corrected chi connectivity index (χ1v) is 9.71. The van der Waals surface area contributed by atoms with Crippen molar-refractivity contribution in [2.45, 2.75) is 63.6 Å². The lowest BCUT2D eigenvalue weighted by molar-refractivity contribution is -0.458. The van der Waals surface area contributed by atoms with Crippen molar-refractivity contribution in [1.29, 1.82) is 0 Å². The van der Waals surface area contributed by atoms with E-state index in [0.29, 0.717) is 24.8 Å². The van der Waals surface area contributed by atoms with Crippen molar-refractivity contribution < 1.29 is 30.0 Å². The monoisotopic (exact) mass is 364 g/mol. The van der Waals surface area contributed by atoms with Gasteiger partial charge in [-0.15, -0.1) is 0 Å². The number of hydrogen-bond donors (Lipinski definition) is 4. The largest absolute Gasteiger partial charge is 0.392 e. The number of ketones is 1. The van der Waals surface area contributed by atoms with Crippen LogP contribution in [0.1, 0.15) is 39.5 Å². The summed E-state index contributed by atoms with van der Waals surface area (Å²) in [4.78, 5) is 13.3. The topological polar surface area (TPSA) is 107 Å². The number of ether oxygens (including phenoxy) is 1. The van der Waals surface area contributed by atoms with Crippen LogP contribution in [0.25, 0.3) is 0 Å². The fourth-order valence-electron chi connectivity index (χ4n) is 7.90. The zero-order chi connectivity index (χ0) is 18.9. The van der Waals surface area contributed by atoms with Crippen LogP contribution in [0, 0.1) is 34.0 Å². The minimum Gasteiger partial charge on any atom is -0.392 e. The number of carbonyl (C=O) groups is 1. The molecule has 0 radical (unpaired) electrons. The quantitative estimate of drug-likeness (QED) is 0.463. The molecule has 4 N–H and O–H groups in total. The van der Waals surface area contributed by atoms with Gasteiger partial charge < -0.3 is 25.2 Å². The van der Waals surface area contributed by atoms with Crippen molar-refractivity contribution >= 4 is 5.78 Å². The van der Waals surface area contributed by atoms with Crippen LogP contribution in [0.5, 0.6) is 0 Å². The summed E-state index contributed by atoms with van der Waals surface area (Å²) in [6, 6.07) is 0. The summed E-state index contributed by atoms with van der Waals surface area (Å²) in [5.41, 5.74) is -2.49. The molecule has 0 aromatic rings. The molecule has 26 heavy (non-hydrogen) atoms. The number of carbonyl (C=O) groups excluding carboxylic acids is 1. The smallest absolute Gasteiger partial charge is 0.208 e. The van der Waals surface area contributed by atoms with E-state index in [1.807, 2.05) is 13.8 Å². The van der Waals surface area contributed by atoms with E-state index in [4.69, 9.17) is 4.74 Å². The maximum atomic E-state index is 13.3. The lowest BCUT2D eigenvalue weighted by Gasteiger charge is -2.74. The van der Waals surface area contributed by atoms with Gasteiger partial charge in [-0.3, -0.25) is 4.79 Å². The molecule has 2 spiro atoms. The van der Waals surface area contributed by atoms with Crippen LogP contribution >= 0.6 is 0 Å². The molecule has 6 fully saturated rings. The van der Waals surface area contributed by atoms with Gasteiger partial charge in [0.25, 0.3) is 0 Å². The molecule has 0 aromatic carbocycles. The minimum atomic E-state index is -2.15. The zero-order valence-electron chi connectivity index (χ0n) is 15.3. The average Bonchev–Trinajstić information content (AvgIpc) is 2.69. The van der Waals surface area contributed by atoms with Gasteiger partial charge in [0.1, 0.15) is 11.5 Å². The molecule has 0 unspecified atom stereocenters. The Hall–Kier alpha value is -0.790. The highest BCUT2D eigenvalue weighted by Crippen LogP contribution is 2.76. The van der Waals surface area contributed by atoms with E-state index in [2.05, 4.69) is 6.58 Å². The van der Waals surface area contributed by atoms with Crippen LogP contribution in [0.15, 0.2) is 12.2 Å². The third-order valence-corrected chi connectivity index (χ3v) is 8.88. The van der Waals surface area contributed by atoms with Crippen LogP contribution < -0.4 is 0 Å². The number of aliphatic hydroxyl groups excluding tert-OH is 3. The normalized spacial score (nSPS) is 59.9. The molecule has 6 nitrogen and oxygen atoms in total. The fraction of sp³-hybridized carbons (Fsp3) is 0.850. The fourth-order valence-corrected chi connectivity index (χ4v) is 7.90. The van der Waals surface area contributed by atoms with Crippen LogP contribution in [0.4, 0.5) is 0 Å². The molecule has 6 rings (SSSR count). The first-order valence-electron chi connectivity index (χ1n) is 9.71. The molecule has 6 aliphatic rings. The molecule has 4 aliphatic carbocycles. The predicted molar refractivity (Wildman–Crippen MR) is 90.7 cm³/mol. The van der Waals surface area contributed by atoms with Gasteiger partial charge in [0.2, 0.25) is 5.79 Å². The Kier molecular flexibility index (Phi) is 3.07. The maximum absolute atomic E-state index is 13.3. The van der Waals surface area contributed by atoms with Gasteiger partial charge in [-0.1, -0.05) is 20.4 Å². The molecule has 4 saturated carbocycles. The summed E-state index contributed by atoms with van der Waals surface area (Å²) in [5.74, 6) is -3.80. The number of fused-ring (bicyclic) bond motifs is 2. The molecule has 4 bridgehead atoms. The summed E-state index contributed by atoms with van der Waals surface area (Å²) in [6.07, 6.45) is -0.747. The van der Waals surface area contributed by atoms with Crippen LogP contribution in [-0.4, -0.2) is 56.9 Å². The van der Waals surface area contributed by atoms with E-state index in [1.54, 1.807) is 0 Å². The molecule has 2 aliphatic heterocycles. The summed E-state index contributed by atoms with van der Waals surface area (Å²) in [7, 11) is 0. The standard InChI is InChI=1S/C20H28O6/c1-9-10-4-5-11-18-8-26-20(25,19(11,14(9)22)15(10)23)16(24)13(18)17(2,3)7-6-12(18)21/h10-13,15-16,21,23-25H,1,4-8H2,2-3H3/t10-,11+,12-,13-,15-,16-,18-,19+,20+/m0/s1. The summed E-state index contributed by atoms with van der Waals surface area (Å²) < 4.78 is 5.80. The van der Waals surface area contributed by atoms with E-state index >= 15 is 0 Å². The predicted octanol–water partition coefficient (Wildman–Crippen LogP) is 0.376. The Labute approximate surface area is 152 Å². The lowest BCUT2D eigenvalue weighted by atomic mass is 9.35. The molecule has 0 amide bonds. The summed E-state index contributed by atoms with van der Waals surface area (Å²) in [6.45, 7) is 8.07. The zero-order valence-corrected chi connectivity index (χ0v) is 15.3. The molecule has 144 valence electrons. The SMILES string of the molecule is C=C1C(=O)[C@]23[C@H](CC[C@@H]1[C@@H]2O)[C@]12CO[C@]3(O)[C@@H](O)[C@H]1C(C)(C)CC[C@@H]2O. The summed E-state index contributed by atoms with van der Waals surface area (Å²) in [5, 5.41) is 45.1. The van der Waals surface area contributed by atoms with Crippen LogP contribution in [-0.2, 0) is 9.53 Å². The van der Waals surface area contributed by atoms with Crippen LogP contribution in [0.3, 0.4) is 0 Å². The van der Waals surface area contributed by atoms with Crippen molar-refractivity contribution in [3.05, 3.63) is 12.2 Å². The third-order valence-electron chi connectivity index (χ3n) is 8.88. The number of aliphatic hydroxyl groups is 4. The molecular weight excluding hydrogens is 336 g/mol. The second kappa shape index (κ2) is 4.61. The Balaban J connectivity index is 1.81. The van der Waals surface area contributed by atoms with Gasteiger partial charge in [-0.05, 0) is 42.6 Å². The second-order valence-corrected chi connectivity index (χ2v) is 9.97. The average molecular weight is 364 g/mol. The second-order valence-electron chi connectivity index (χ2n) is 9.97. The highest BCUT2D eigenvalue weighted by Gasteiger charge is 2.86. The Morgan fingerprint density at radius 2 is 1.81 bits per heavy atom. The van der Waals surface area contributed by atoms with Gasteiger partial charge in [-0.2, -0.15) is 0 Å². The van der Waals surface area contributed by atoms with Gasteiger partial charge in [0.15, 0.2) is 5.78 Å². The highest BCUT2D eigenvalue weighted by atomic mass is 16.6. The Morgan fingerprint density at radius 1 is 1.12 bits per heavy atom. The van der Waals surface area contributed by atoms with Gasteiger partial charge in [0, 0.05) is 17.3 Å². The highest BCUT2D eigenvalue weighted by molar-refractivity contribution is 6.05. The first-order chi connectivity index (χ1) is 12.1. The van der Waals surface area contributed by atoms with E-state index < -0.39 is 58.5 Å². The number of Topliss-reactive ketones (excluding diaryl/α,β-unsaturated/α-hetero) is 1. The third kappa shape index (κ3) is 1.41. The first kappa shape index (κ1) is 17.3. The van der Waals surface area contributed by atoms with Crippen LogP contribution in [0.2, 0.25) is 0 Å². The van der Waals surface area contributed by atoms with Gasteiger partial charge in [0.05, 0.1) is 18.8 Å². The van der Waals surface area contributed by atoms with Crippen molar-refractivity contribution in [3.8, 4) is 0 Å². The van der Waals surface area contributed by atoms with Crippen molar-refractivity contribution in [2.24, 2.45) is 34.0 Å². The Bertz CT molecular complexity index is 717. The molecule has 2 heterocycles. The Morgan fingerprint density at radius 3 is 2.50 bits per heavy atom. The van der Waals surface area contributed by atoms with Crippen molar-refractivity contribution in [3.63, 3.8) is 0 Å². The van der Waals surface area contributed by atoms with E-state index in [0.717, 1.165) is 6.42 Å². The molecule has 9 atom stereocenters. The van der Waals surface area contributed by atoms with Gasteiger partial charge in [-0.25, -0.2) is 0 Å². The molecular formula is C20H28O6. The van der Waals surface area contributed by atoms with Crippen molar-refractivity contribution in [2.75, 3.05) is 6.61 Å². The minimum absolute atomic E-state index is 0.0966. The molecule has 2 saturated heterocycles.